The maximum atomic E-state index is 11.9. The van der Waals surface area contributed by atoms with Gasteiger partial charge in [0.15, 0.2) is 0 Å². The number of hydrogen-bond donors (Lipinski definition) is 3. The third-order valence-electron chi connectivity index (χ3n) is 2.40. The number of carbonyl (C=O) groups is 1. The van der Waals surface area contributed by atoms with Crippen LogP contribution in [-0.2, 0) is 21.2 Å². The summed E-state index contributed by atoms with van der Waals surface area (Å²) in [6.45, 7) is 1.75. The number of carbonyl (C=O) groups excluding carboxylic acids is 1. The van der Waals surface area contributed by atoms with Crippen molar-refractivity contribution in [3.63, 3.8) is 0 Å². The third-order valence-corrected chi connectivity index (χ3v) is 4.02. The lowest BCUT2D eigenvalue weighted by atomic mass is 10.1. The van der Waals surface area contributed by atoms with E-state index in [4.69, 9.17) is 18.0 Å². The van der Waals surface area contributed by atoms with Crippen molar-refractivity contribution in [2.24, 2.45) is 5.73 Å². The minimum Gasteiger partial charge on any atom is -0.393 e. The second-order valence-electron chi connectivity index (χ2n) is 4.17. The van der Waals surface area contributed by atoms with E-state index in [-0.39, 0.29) is 23.9 Å². The SMILES string of the molecule is CC(=O)NCCNS(=O)(=O)c1ccc(CC(N)=S)cc1. The number of rotatable bonds is 7. The van der Waals surface area contributed by atoms with E-state index in [0.29, 0.717) is 11.4 Å². The summed E-state index contributed by atoms with van der Waals surface area (Å²) in [4.78, 5) is 11.2. The van der Waals surface area contributed by atoms with E-state index in [1.807, 2.05) is 0 Å². The first kappa shape index (κ1) is 16.5. The smallest absolute Gasteiger partial charge is 0.240 e. The summed E-state index contributed by atoms with van der Waals surface area (Å²) in [5.74, 6) is -0.202. The number of nitrogens with one attached hydrogen (secondary N) is 2. The highest BCUT2D eigenvalue weighted by atomic mass is 32.2. The molecular formula is C12H17N3O3S2. The fourth-order valence-corrected chi connectivity index (χ4v) is 2.69. The highest BCUT2D eigenvalue weighted by Crippen LogP contribution is 2.10. The first-order valence-corrected chi connectivity index (χ1v) is 7.82. The van der Waals surface area contributed by atoms with E-state index in [0.717, 1.165) is 5.56 Å². The maximum Gasteiger partial charge on any atom is 0.240 e. The summed E-state index contributed by atoms with van der Waals surface area (Å²) < 4.78 is 26.3. The van der Waals surface area contributed by atoms with Gasteiger partial charge in [0.2, 0.25) is 15.9 Å². The quantitative estimate of drug-likeness (QED) is 0.483. The second kappa shape index (κ2) is 7.32. The zero-order chi connectivity index (χ0) is 15.2. The molecule has 0 radical (unpaired) electrons. The molecule has 0 saturated heterocycles. The molecule has 0 saturated carbocycles. The topological polar surface area (TPSA) is 101 Å². The fourth-order valence-electron chi connectivity index (χ4n) is 1.49. The standard InChI is InChI=1S/C12H17N3O3S2/c1-9(16)14-6-7-15-20(17,18)11-4-2-10(3-5-11)8-12(13)19/h2-5,15H,6-8H2,1H3,(H2,13,19)(H,14,16). The number of sulfonamides is 1. The predicted molar refractivity (Wildman–Crippen MR) is 80.8 cm³/mol. The van der Waals surface area contributed by atoms with Crippen molar-refractivity contribution in [2.45, 2.75) is 18.2 Å². The van der Waals surface area contributed by atoms with Crippen LogP contribution in [0.4, 0.5) is 0 Å². The molecule has 0 aliphatic rings. The van der Waals surface area contributed by atoms with Crippen LogP contribution in [0.2, 0.25) is 0 Å². The highest BCUT2D eigenvalue weighted by Gasteiger charge is 2.12. The van der Waals surface area contributed by atoms with Crippen LogP contribution in [0, 0.1) is 0 Å². The molecule has 1 aromatic rings. The van der Waals surface area contributed by atoms with Crippen LogP contribution >= 0.6 is 12.2 Å². The number of thiocarbonyl (C=S) groups is 1. The highest BCUT2D eigenvalue weighted by molar-refractivity contribution is 7.89. The Morgan fingerprint density at radius 3 is 2.35 bits per heavy atom. The summed E-state index contributed by atoms with van der Waals surface area (Å²) in [6, 6.07) is 6.33. The molecule has 0 heterocycles. The van der Waals surface area contributed by atoms with Crippen molar-refractivity contribution in [3.05, 3.63) is 29.8 Å². The molecular weight excluding hydrogens is 298 g/mol. The zero-order valence-corrected chi connectivity index (χ0v) is 12.7. The number of nitrogens with two attached hydrogens (primary N) is 1. The van der Waals surface area contributed by atoms with Crippen molar-refractivity contribution in [1.82, 2.24) is 10.0 Å². The molecule has 1 aromatic carbocycles. The van der Waals surface area contributed by atoms with Gasteiger partial charge in [-0.1, -0.05) is 24.4 Å². The number of benzene rings is 1. The van der Waals surface area contributed by atoms with Gasteiger partial charge in [-0.3, -0.25) is 4.79 Å². The molecule has 1 amide bonds. The van der Waals surface area contributed by atoms with Gasteiger partial charge in [0.1, 0.15) is 0 Å². The molecule has 0 atom stereocenters. The Morgan fingerprint density at radius 2 is 1.85 bits per heavy atom. The molecule has 0 fully saturated rings. The van der Waals surface area contributed by atoms with E-state index < -0.39 is 10.0 Å². The largest absolute Gasteiger partial charge is 0.393 e. The Balaban J connectivity index is 2.63. The van der Waals surface area contributed by atoms with Crippen LogP contribution in [0.25, 0.3) is 0 Å². The summed E-state index contributed by atoms with van der Waals surface area (Å²) in [5.41, 5.74) is 6.28. The summed E-state index contributed by atoms with van der Waals surface area (Å²) >= 11 is 4.79. The monoisotopic (exact) mass is 315 g/mol. The van der Waals surface area contributed by atoms with Crippen molar-refractivity contribution in [2.75, 3.05) is 13.1 Å². The molecule has 0 aliphatic heterocycles. The van der Waals surface area contributed by atoms with Crippen molar-refractivity contribution in [3.8, 4) is 0 Å². The zero-order valence-electron chi connectivity index (χ0n) is 11.0. The van der Waals surface area contributed by atoms with Gasteiger partial charge in [0.25, 0.3) is 0 Å². The van der Waals surface area contributed by atoms with E-state index in [1.54, 1.807) is 12.1 Å². The van der Waals surface area contributed by atoms with Crippen LogP contribution in [0.5, 0.6) is 0 Å². The van der Waals surface area contributed by atoms with Gasteiger partial charge in [-0.2, -0.15) is 0 Å². The minimum absolute atomic E-state index is 0.135. The number of amides is 1. The average molecular weight is 315 g/mol. The Bertz CT molecular complexity index is 582. The van der Waals surface area contributed by atoms with Gasteiger partial charge >= 0.3 is 0 Å². The first-order chi connectivity index (χ1) is 9.31. The Labute approximate surface area is 123 Å². The molecule has 4 N–H and O–H groups in total. The van der Waals surface area contributed by atoms with Crippen LogP contribution < -0.4 is 15.8 Å². The Hall–Kier alpha value is -1.51. The molecule has 6 nitrogen and oxygen atoms in total. The molecule has 1 rings (SSSR count). The van der Waals surface area contributed by atoms with E-state index in [2.05, 4.69) is 10.0 Å². The second-order valence-corrected chi connectivity index (χ2v) is 6.46. The van der Waals surface area contributed by atoms with Crippen LogP contribution in [0.1, 0.15) is 12.5 Å². The molecule has 0 aromatic heterocycles. The predicted octanol–water partition coefficient (Wildman–Crippen LogP) is -0.0704. The molecule has 8 heteroatoms. The Kier molecular flexibility index (Phi) is 6.05. The molecule has 0 bridgehead atoms. The lowest BCUT2D eigenvalue weighted by Crippen LogP contribution is -2.33. The molecule has 0 unspecified atom stereocenters. The van der Waals surface area contributed by atoms with Crippen LogP contribution in [-0.4, -0.2) is 32.4 Å². The van der Waals surface area contributed by atoms with Crippen molar-refractivity contribution < 1.29 is 13.2 Å². The molecule has 110 valence electrons. The van der Waals surface area contributed by atoms with Gasteiger partial charge < -0.3 is 11.1 Å². The molecule has 0 spiro atoms. The van der Waals surface area contributed by atoms with Crippen LogP contribution in [0.15, 0.2) is 29.2 Å². The summed E-state index contributed by atoms with van der Waals surface area (Å²) in [7, 11) is -3.57. The lowest BCUT2D eigenvalue weighted by molar-refractivity contribution is -0.118. The van der Waals surface area contributed by atoms with Crippen LogP contribution in [0.3, 0.4) is 0 Å². The van der Waals surface area contributed by atoms with Gasteiger partial charge in [-0.15, -0.1) is 0 Å². The minimum atomic E-state index is -3.57. The summed E-state index contributed by atoms with van der Waals surface area (Å²) in [5, 5.41) is 2.51. The van der Waals surface area contributed by atoms with Gasteiger partial charge in [0, 0.05) is 26.4 Å². The average Bonchev–Trinajstić information content (AvgIpc) is 2.34. The third kappa shape index (κ3) is 5.64. The van der Waals surface area contributed by atoms with E-state index >= 15 is 0 Å². The van der Waals surface area contributed by atoms with Gasteiger partial charge in [-0.25, -0.2) is 13.1 Å². The Morgan fingerprint density at radius 1 is 1.25 bits per heavy atom. The fraction of sp³-hybridized carbons (Fsp3) is 0.333. The van der Waals surface area contributed by atoms with E-state index in [1.165, 1.54) is 19.1 Å². The normalized spacial score (nSPS) is 11.1. The van der Waals surface area contributed by atoms with Crippen molar-refractivity contribution >= 4 is 33.1 Å². The summed E-state index contributed by atoms with van der Waals surface area (Å²) in [6.07, 6.45) is 0.436. The van der Waals surface area contributed by atoms with Crippen molar-refractivity contribution in [1.29, 1.82) is 0 Å². The van der Waals surface area contributed by atoms with Gasteiger partial charge in [0.05, 0.1) is 9.88 Å². The van der Waals surface area contributed by atoms with E-state index in [9.17, 15) is 13.2 Å². The lowest BCUT2D eigenvalue weighted by Gasteiger charge is -2.08. The van der Waals surface area contributed by atoms with Gasteiger partial charge in [-0.05, 0) is 17.7 Å². The first-order valence-electron chi connectivity index (χ1n) is 5.92. The number of hydrogen-bond acceptors (Lipinski definition) is 4. The molecule has 0 aliphatic carbocycles. The molecule has 20 heavy (non-hydrogen) atoms. The maximum absolute atomic E-state index is 11.9.